The third kappa shape index (κ3) is 3.94. The van der Waals surface area contributed by atoms with E-state index in [2.05, 4.69) is 15.5 Å². The number of carbonyl (C=O) groups excluding carboxylic acids is 1. The molecule has 0 fully saturated rings. The predicted molar refractivity (Wildman–Crippen MR) is 75.4 cm³/mol. The van der Waals surface area contributed by atoms with Crippen molar-refractivity contribution in [3.8, 4) is 0 Å². The summed E-state index contributed by atoms with van der Waals surface area (Å²) in [6, 6.07) is 3.62. The molecule has 1 N–H and O–H groups in total. The molecule has 1 aromatic carbocycles. The van der Waals surface area contributed by atoms with Gasteiger partial charge in [0, 0.05) is 18.4 Å². The van der Waals surface area contributed by atoms with Crippen molar-refractivity contribution in [1.82, 2.24) is 20.1 Å². The summed E-state index contributed by atoms with van der Waals surface area (Å²) in [5.74, 6) is -1.67. The molecule has 1 unspecified atom stereocenters. The summed E-state index contributed by atoms with van der Waals surface area (Å²) >= 11 is 0. The third-order valence-electron chi connectivity index (χ3n) is 2.91. The second-order valence-corrected chi connectivity index (χ2v) is 5.77. The predicted octanol–water partition coefficient (Wildman–Crippen LogP) is 0.653. The van der Waals surface area contributed by atoms with E-state index in [4.69, 9.17) is 0 Å². The van der Waals surface area contributed by atoms with Crippen molar-refractivity contribution < 1.29 is 17.8 Å². The lowest BCUT2D eigenvalue weighted by Gasteiger charge is -2.08. The molecule has 0 aliphatic rings. The fourth-order valence-electron chi connectivity index (χ4n) is 1.88. The standard InChI is InChI=1S/C13H14F2N4O2S/c1-22(21)13-18-17-8-19(13)7-12(20)16-6-5-9-10(14)3-2-4-11(9)15/h2-4,8H,5-7H2,1H3,(H,16,20). The normalized spacial score (nSPS) is 12.1. The molecule has 1 heterocycles. The van der Waals surface area contributed by atoms with Crippen molar-refractivity contribution in [2.45, 2.75) is 18.1 Å². The Morgan fingerprint density at radius 1 is 1.36 bits per heavy atom. The molecule has 118 valence electrons. The summed E-state index contributed by atoms with van der Waals surface area (Å²) in [4.78, 5) is 11.8. The average molecular weight is 328 g/mol. The van der Waals surface area contributed by atoms with Gasteiger partial charge in [0.15, 0.2) is 0 Å². The number of benzene rings is 1. The molecular formula is C13H14F2N4O2S. The summed E-state index contributed by atoms with van der Waals surface area (Å²) in [5, 5.41) is 9.97. The molecule has 0 saturated heterocycles. The highest BCUT2D eigenvalue weighted by Crippen LogP contribution is 2.12. The van der Waals surface area contributed by atoms with Crippen LogP contribution in [0.4, 0.5) is 8.78 Å². The van der Waals surface area contributed by atoms with Crippen LogP contribution in [0.3, 0.4) is 0 Å². The molecule has 2 rings (SSSR count). The number of hydrogen-bond donors (Lipinski definition) is 1. The minimum atomic E-state index is -1.36. The number of halogens is 2. The van der Waals surface area contributed by atoms with E-state index >= 15 is 0 Å². The zero-order valence-electron chi connectivity index (χ0n) is 11.8. The van der Waals surface area contributed by atoms with E-state index < -0.39 is 22.4 Å². The van der Waals surface area contributed by atoms with E-state index in [1.807, 2.05) is 0 Å². The zero-order valence-corrected chi connectivity index (χ0v) is 12.6. The van der Waals surface area contributed by atoms with Crippen LogP contribution in [0.25, 0.3) is 0 Å². The van der Waals surface area contributed by atoms with Crippen LogP contribution in [-0.4, -0.2) is 37.7 Å². The highest BCUT2D eigenvalue weighted by molar-refractivity contribution is 7.84. The largest absolute Gasteiger partial charge is 0.354 e. The van der Waals surface area contributed by atoms with Gasteiger partial charge in [-0.15, -0.1) is 10.2 Å². The molecule has 1 aromatic heterocycles. The first-order valence-electron chi connectivity index (χ1n) is 6.40. The summed E-state index contributed by atoms with van der Waals surface area (Å²) in [6.45, 7) is -0.0228. The van der Waals surface area contributed by atoms with E-state index in [1.54, 1.807) is 0 Å². The maximum atomic E-state index is 13.4. The first-order chi connectivity index (χ1) is 10.5. The Kier molecular flexibility index (Phi) is 5.31. The van der Waals surface area contributed by atoms with E-state index in [0.717, 1.165) is 0 Å². The molecule has 0 radical (unpaired) electrons. The van der Waals surface area contributed by atoms with Crippen molar-refractivity contribution in [3.05, 3.63) is 41.7 Å². The third-order valence-corrected chi connectivity index (χ3v) is 3.74. The molecule has 0 aliphatic heterocycles. The van der Waals surface area contributed by atoms with Gasteiger partial charge in [0.2, 0.25) is 11.1 Å². The maximum Gasteiger partial charge on any atom is 0.240 e. The van der Waals surface area contributed by atoms with Gasteiger partial charge >= 0.3 is 0 Å². The van der Waals surface area contributed by atoms with Crippen LogP contribution in [0.15, 0.2) is 29.7 Å². The number of hydrogen-bond acceptors (Lipinski definition) is 4. The highest BCUT2D eigenvalue weighted by Gasteiger charge is 2.12. The molecule has 2 aromatic rings. The van der Waals surface area contributed by atoms with Crippen LogP contribution in [0.1, 0.15) is 5.56 Å². The minimum Gasteiger partial charge on any atom is -0.354 e. The zero-order chi connectivity index (χ0) is 16.1. The van der Waals surface area contributed by atoms with Gasteiger partial charge in [-0.1, -0.05) is 6.07 Å². The number of carbonyl (C=O) groups is 1. The number of amides is 1. The molecular weight excluding hydrogens is 314 g/mol. The summed E-state index contributed by atoms with van der Waals surface area (Å²) < 4.78 is 39.5. The Bertz CT molecular complexity index is 685. The molecule has 0 saturated carbocycles. The van der Waals surface area contributed by atoms with Crippen LogP contribution < -0.4 is 5.32 Å². The maximum absolute atomic E-state index is 13.4. The van der Waals surface area contributed by atoms with Crippen molar-refractivity contribution in [3.63, 3.8) is 0 Å². The highest BCUT2D eigenvalue weighted by atomic mass is 32.2. The van der Waals surface area contributed by atoms with Gasteiger partial charge < -0.3 is 5.32 Å². The number of nitrogens with zero attached hydrogens (tertiary/aromatic N) is 3. The van der Waals surface area contributed by atoms with Gasteiger partial charge in [-0.2, -0.15) is 0 Å². The molecule has 0 bridgehead atoms. The molecule has 0 aliphatic carbocycles. The van der Waals surface area contributed by atoms with Gasteiger partial charge in [-0.05, 0) is 18.6 Å². The molecule has 1 amide bonds. The van der Waals surface area contributed by atoms with E-state index in [9.17, 15) is 17.8 Å². The fraction of sp³-hybridized carbons (Fsp3) is 0.308. The van der Waals surface area contributed by atoms with Gasteiger partial charge in [-0.25, -0.2) is 8.78 Å². The Labute approximate surface area is 128 Å². The lowest BCUT2D eigenvalue weighted by atomic mass is 10.1. The van der Waals surface area contributed by atoms with Gasteiger partial charge in [0.25, 0.3) is 0 Å². The summed E-state index contributed by atoms with van der Waals surface area (Å²) in [7, 11) is -1.36. The Morgan fingerprint density at radius 3 is 2.68 bits per heavy atom. The van der Waals surface area contributed by atoms with Gasteiger partial charge in [0.05, 0.1) is 10.8 Å². The molecule has 1 atom stereocenters. The average Bonchev–Trinajstić information content (AvgIpc) is 2.90. The van der Waals surface area contributed by atoms with E-state index in [0.29, 0.717) is 0 Å². The number of aromatic nitrogens is 3. The quantitative estimate of drug-likeness (QED) is 0.845. The van der Waals surface area contributed by atoms with Crippen LogP contribution in [0.5, 0.6) is 0 Å². The Balaban J connectivity index is 1.88. The fourth-order valence-corrected chi connectivity index (χ4v) is 2.49. The van der Waals surface area contributed by atoms with Crippen LogP contribution in [-0.2, 0) is 28.6 Å². The Hall–Kier alpha value is -2.16. The minimum absolute atomic E-state index is 0.0407. The van der Waals surface area contributed by atoms with Gasteiger partial charge in [0.1, 0.15) is 24.5 Å². The second kappa shape index (κ2) is 7.21. The van der Waals surface area contributed by atoms with Crippen LogP contribution >= 0.6 is 0 Å². The van der Waals surface area contributed by atoms with Gasteiger partial charge in [-0.3, -0.25) is 13.6 Å². The molecule has 9 heteroatoms. The van der Waals surface area contributed by atoms with E-state index in [-0.39, 0.29) is 36.1 Å². The number of rotatable bonds is 6. The monoisotopic (exact) mass is 328 g/mol. The summed E-state index contributed by atoms with van der Waals surface area (Å²) in [6.07, 6.45) is 2.77. The smallest absolute Gasteiger partial charge is 0.240 e. The first-order valence-corrected chi connectivity index (χ1v) is 7.95. The topological polar surface area (TPSA) is 76.9 Å². The van der Waals surface area contributed by atoms with E-state index in [1.165, 1.54) is 35.3 Å². The van der Waals surface area contributed by atoms with Crippen molar-refractivity contribution in [2.24, 2.45) is 0 Å². The summed E-state index contributed by atoms with van der Waals surface area (Å²) in [5.41, 5.74) is -0.0672. The SMILES string of the molecule is CS(=O)c1nncn1CC(=O)NCCc1c(F)cccc1F. The molecule has 6 nitrogen and oxygen atoms in total. The lowest BCUT2D eigenvalue weighted by molar-refractivity contribution is -0.121. The first kappa shape index (κ1) is 16.2. The second-order valence-electron chi connectivity index (χ2n) is 4.50. The molecule has 0 spiro atoms. The van der Waals surface area contributed by atoms with Crippen molar-refractivity contribution in [2.75, 3.05) is 12.8 Å². The van der Waals surface area contributed by atoms with Crippen molar-refractivity contribution in [1.29, 1.82) is 0 Å². The Morgan fingerprint density at radius 2 is 2.05 bits per heavy atom. The molecule has 22 heavy (non-hydrogen) atoms. The lowest BCUT2D eigenvalue weighted by Crippen LogP contribution is -2.30. The van der Waals surface area contributed by atoms with Crippen LogP contribution in [0, 0.1) is 11.6 Å². The van der Waals surface area contributed by atoms with Crippen molar-refractivity contribution >= 4 is 16.7 Å². The van der Waals surface area contributed by atoms with Crippen LogP contribution in [0.2, 0.25) is 0 Å². The number of nitrogens with one attached hydrogen (secondary N) is 1.